The van der Waals surface area contributed by atoms with E-state index in [1.54, 1.807) is 13.0 Å². The Balaban J connectivity index is 3.76. The second-order valence-corrected chi connectivity index (χ2v) is 3.13. The highest BCUT2D eigenvalue weighted by molar-refractivity contribution is 6.29. The Hall–Kier alpha value is -1.15. The van der Waals surface area contributed by atoms with Gasteiger partial charge in [0.25, 0.3) is 0 Å². The third-order valence-corrected chi connectivity index (χ3v) is 2.03. The van der Waals surface area contributed by atoms with Gasteiger partial charge >= 0.3 is 0 Å². The summed E-state index contributed by atoms with van der Waals surface area (Å²) in [6, 6.07) is 0. The van der Waals surface area contributed by atoms with Gasteiger partial charge in [0.05, 0.1) is 5.35 Å². The Morgan fingerprint density at radius 3 is 2.54 bits per heavy atom. The maximum atomic E-state index is 5.95. The van der Waals surface area contributed by atoms with Crippen LogP contribution < -0.4 is 10.6 Å². The van der Waals surface area contributed by atoms with Crippen molar-refractivity contribution in [1.82, 2.24) is 9.97 Å². The highest BCUT2D eigenvalue weighted by atomic mass is 35.5. The van der Waals surface area contributed by atoms with E-state index >= 15 is 0 Å². The molecule has 13 heavy (non-hydrogen) atoms. The van der Waals surface area contributed by atoms with Crippen LogP contribution in [0.2, 0.25) is 5.15 Å². The van der Waals surface area contributed by atoms with Gasteiger partial charge in [0.1, 0.15) is 11.0 Å². The van der Waals surface area contributed by atoms with Crippen molar-refractivity contribution in [1.29, 1.82) is 0 Å². The number of aryl methyl sites for hydroxylation is 1. The first-order valence-electron chi connectivity index (χ1n) is 3.88. The lowest BCUT2D eigenvalue weighted by molar-refractivity contribution is 1.01. The summed E-state index contributed by atoms with van der Waals surface area (Å²) in [6.07, 6.45) is 1.72. The maximum absolute atomic E-state index is 5.95. The first-order valence-corrected chi connectivity index (χ1v) is 4.26. The van der Waals surface area contributed by atoms with Crippen molar-refractivity contribution < 1.29 is 0 Å². The third kappa shape index (κ3) is 1.95. The van der Waals surface area contributed by atoms with Gasteiger partial charge in [0.2, 0.25) is 0 Å². The zero-order chi connectivity index (χ0) is 10.0. The van der Waals surface area contributed by atoms with Crippen molar-refractivity contribution in [2.45, 2.75) is 13.8 Å². The normalized spacial score (nSPS) is 12.5. The molecule has 68 valence electrons. The molecule has 0 unspecified atom stereocenters. The Kier molecular flexibility index (Phi) is 2.83. The minimum Gasteiger partial charge on any atom is -0.234 e. The van der Waals surface area contributed by atoms with Gasteiger partial charge in [-0.15, -0.1) is 0 Å². The number of hydrogen-bond donors (Lipinski definition) is 0. The van der Waals surface area contributed by atoms with Crippen molar-refractivity contribution in [3.05, 3.63) is 34.2 Å². The van der Waals surface area contributed by atoms with Crippen LogP contribution in [0.5, 0.6) is 0 Å². The number of hydrogen-bond acceptors (Lipinski definition) is 2. The molecule has 0 saturated carbocycles. The fraction of sp³-hybridized carbons (Fsp3) is 0.200. The van der Waals surface area contributed by atoms with Crippen LogP contribution in [0, 0.1) is 6.92 Å². The van der Waals surface area contributed by atoms with Gasteiger partial charge in [0, 0.05) is 5.22 Å². The molecule has 0 aromatic carbocycles. The number of halogens is 1. The molecule has 0 saturated heterocycles. The summed E-state index contributed by atoms with van der Waals surface area (Å²) in [5.74, 6) is 0.635. The molecule has 0 fully saturated rings. The molecule has 1 rings (SSSR count). The van der Waals surface area contributed by atoms with E-state index in [1.165, 1.54) is 0 Å². The number of allylic oxidation sites excluding steroid dienone is 1. The molecule has 0 aliphatic carbocycles. The van der Waals surface area contributed by atoms with Crippen molar-refractivity contribution in [3.63, 3.8) is 0 Å². The van der Waals surface area contributed by atoms with E-state index in [2.05, 4.69) is 23.1 Å². The predicted octanol–water partition coefficient (Wildman–Crippen LogP) is 1.21. The monoisotopic (exact) mass is 194 g/mol. The van der Waals surface area contributed by atoms with Gasteiger partial charge in [-0.25, -0.2) is 9.97 Å². The van der Waals surface area contributed by atoms with E-state index in [0.29, 0.717) is 16.3 Å². The Morgan fingerprint density at radius 1 is 1.46 bits per heavy atom. The van der Waals surface area contributed by atoms with E-state index in [9.17, 15) is 0 Å². The third-order valence-electron chi connectivity index (χ3n) is 1.75. The van der Waals surface area contributed by atoms with Gasteiger partial charge < -0.3 is 0 Å². The van der Waals surface area contributed by atoms with E-state index in [0.717, 1.165) is 10.8 Å². The molecular formula is C10H11ClN2. The van der Waals surface area contributed by atoms with Crippen LogP contribution in [0.1, 0.15) is 12.7 Å². The molecule has 0 N–H and O–H groups in total. The summed E-state index contributed by atoms with van der Waals surface area (Å²) in [6.45, 7) is 11.2. The zero-order valence-electron chi connectivity index (χ0n) is 7.76. The lowest BCUT2D eigenvalue weighted by atomic mass is 10.2. The standard InChI is InChI=1S/C10H11ClN2/c1-5-6(2)9-7(3)12-8(4)13-10(9)11/h5H,1,3H2,2,4H3/b9-6+. The van der Waals surface area contributed by atoms with Crippen LogP contribution in [0.15, 0.2) is 12.7 Å². The van der Waals surface area contributed by atoms with E-state index in [4.69, 9.17) is 11.6 Å². The molecule has 0 spiro atoms. The molecule has 0 radical (unpaired) electrons. The predicted molar refractivity (Wildman–Crippen MR) is 55.8 cm³/mol. The van der Waals surface area contributed by atoms with E-state index in [1.807, 2.05) is 6.92 Å². The largest absolute Gasteiger partial charge is 0.234 e. The van der Waals surface area contributed by atoms with Crippen LogP contribution in [0.25, 0.3) is 12.2 Å². The second kappa shape index (κ2) is 3.71. The SMILES string of the molecule is C=C/C(C)=c1/c(Cl)nc(C)nc1=C. The second-order valence-electron chi connectivity index (χ2n) is 2.77. The van der Waals surface area contributed by atoms with Crippen LogP contribution >= 0.6 is 11.6 Å². The number of nitrogens with zero attached hydrogens (tertiary/aromatic N) is 2. The van der Waals surface area contributed by atoms with Gasteiger partial charge in [0.15, 0.2) is 0 Å². The first-order chi connectivity index (χ1) is 6.06. The highest BCUT2D eigenvalue weighted by Crippen LogP contribution is 1.97. The molecule has 1 heterocycles. The van der Waals surface area contributed by atoms with Crippen LogP contribution in [0.3, 0.4) is 0 Å². The Bertz CT molecular complexity index is 449. The fourth-order valence-electron chi connectivity index (χ4n) is 1.09. The summed E-state index contributed by atoms with van der Waals surface area (Å²) >= 11 is 5.95. The van der Waals surface area contributed by atoms with Crippen molar-refractivity contribution in [2.24, 2.45) is 0 Å². The van der Waals surface area contributed by atoms with Crippen molar-refractivity contribution in [2.75, 3.05) is 0 Å². The van der Waals surface area contributed by atoms with Crippen LogP contribution in [-0.4, -0.2) is 9.97 Å². The summed E-state index contributed by atoms with van der Waals surface area (Å²) in [5, 5.41) is 1.87. The number of aromatic nitrogens is 2. The molecular weight excluding hydrogens is 184 g/mol. The summed E-state index contributed by atoms with van der Waals surface area (Å²) in [7, 11) is 0. The zero-order valence-corrected chi connectivity index (χ0v) is 8.52. The van der Waals surface area contributed by atoms with Crippen molar-refractivity contribution in [3.8, 4) is 0 Å². The van der Waals surface area contributed by atoms with Crippen LogP contribution in [-0.2, 0) is 0 Å². The molecule has 0 amide bonds. The summed E-state index contributed by atoms with van der Waals surface area (Å²) in [4.78, 5) is 8.18. The molecule has 0 aliphatic rings. The minimum absolute atomic E-state index is 0.440. The molecule has 3 heteroatoms. The lowest BCUT2D eigenvalue weighted by Crippen LogP contribution is -2.31. The van der Waals surface area contributed by atoms with Gasteiger partial charge in [-0.2, -0.15) is 0 Å². The molecule has 0 bridgehead atoms. The van der Waals surface area contributed by atoms with Crippen LogP contribution in [0.4, 0.5) is 0 Å². The summed E-state index contributed by atoms with van der Waals surface area (Å²) < 4.78 is 0. The minimum atomic E-state index is 0.440. The fourth-order valence-corrected chi connectivity index (χ4v) is 1.47. The molecule has 2 nitrogen and oxygen atoms in total. The molecule has 0 aliphatic heterocycles. The van der Waals surface area contributed by atoms with E-state index in [-0.39, 0.29) is 0 Å². The average molecular weight is 195 g/mol. The highest BCUT2D eigenvalue weighted by Gasteiger charge is 1.99. The van der Waals surface area contributed by atoms with Crippen molar-refractivity contribution >= 4 is 23.8 Å². The Morgan fingerprint density at radius 2 is 2.08 bits per heavy atom. The average Bonchev–Trinajstić information content (AvgIpc) is 2.02. The number of rotatable bonds is 1. The molecule has 1 aromatic heterocycles. The Labute approximate surface area is 82.3 Å². The topological polar surface area (TPSA) is 25.8 Å². The summed E-state index contributed by atoms with van der Waals surface area (Å²) in [5.41, 5.74) is 0.940. The van der Waals surface area contributed by atoms with E-state index < -0.39 is 0 Å². The quantitative estimate of drug-likeness (QED) is 0.628. The molecule has 0 atom stereocenters. The van der Waals surface area contributed by atoms with Gasteiger partial charge in [-0.1, -0.05) is 30.8 Å². The van der Waals surface area contributed by atoms with Gasteiger partial charge in [-0.3, -0.25) is 0 Å². The first kappa shape index (κ1) is 9.93. The van der Waals surface area contributed by atoms with Gasteiger partial charge in [-0.05, 0) is 19.4 Å². The maximum Gasteiger partial charge on any atom is 0.140 e. The molecule has 1 aromatic rings. The smallest absolute Gasteiger partial charge is 0.140 e. The lowest BCUT2D eigenvalue weighted by Gasteiger charge is -1.97.